The number of likely N-dealkylation sites (N-methyl/N-ethyl adjacent to an activating group) is 1. The Balaban J connectivity index is 1.66. The highest BCUT2D eigenvalue weighted by molar-refractivity contribution is 5.32. The summed E-state index contributed by atoms with van der Waals surface area (Å²) in [4.78, 5) is 5.19. The summed E-state index contributed by atoms with van der Waals surface area (Å²) in [6.45, 7) is 7.70. The van der Waals surface area contributed by atoms with Gasteiger partial charge in [-0.2, -0.15) is 0 Å². The van der Waals surface area contributed by atoms with Gasteiger partial charge in [0.1, 0.15) is 0 Å². The maximum Gasteiger partial charge on any atom is 0.0426 e. The van der Waals surface area contributed by atoms with Gasteiger partial charge in [0.15, 0.2) is 0 Å². The number of hydrogen-bond acceptors (Lipinski definition) is 3. The fourth-order valence-corrected chi connectivity index (χ4v) is 4.16. The highest BCUT2D eigenvalue weighted by atomic mass is 15.3. The summed E-state index contributed by atoms with van der Waals surface area (Å²) >= 11 is 0. The van der Waals surface area contributed by atoms with E-state index in [1.807, 2.05) is 0 Å². The summed E-state index contributed by atoms with van der Waals surface area (Å²) in [5.41, 5.74) is 10.5. The molecule has 0 amide bonds. The number of nitrogens with two attached hydrogens (primary N) is 1. The number of rotatable bonds is 3. The number of nitrogens with zero attached hydrogens (tertiary/aromatic N) is 2. The molecule has 0 aliphatic carbocycles. The first kappa shape index (κ1) is 15.0. The van der Waals surface area contributed by atoms with E-state index in [0.717, 1.165) is 18.6 Å². The lowest BCUT2D eigenvalue weighted by Gasteiger charge is -2.28. The van der Waals surface area contributed by atoms with Crippen LogP contribution in [0.4, 0.5) is 0 Å². The first-order chi connectivity index (χ1) is 10.0. The molecule has 2 fully saturated rings. The van der Waals surface area contributed by atoms with Crippen molar-refractivity contribution in [3.8, 4) is 0 Å². The lowest BCUT2D eigenvalue weighted by Crippen LogP contribution is -2.39. The summed E-state index contributed by atoms with van der Waals surface area (Å²) in [6, 6.07) is 8.31. The maximum absolute atomic E-state index is 6.51. The van der Waals surface area contributed by atoms with Gasteiger partial charge in [-0.15, -0.1) is 0 Å². The third-order valence-corrected chi connectivity index (χ3v) is 5.51. The predicted octanol–water partition coefficient (Wildman–Crippen LogP) is 2.47. The second-order valence-electron chi connectivity index (χ2n) is 7.07. The van der Waals surface area contributed by atoms with Crippen LogP contribution in [0.15, 0.2) is 18.2 Å². The molecule has 0 saturated carbocycles. The molecule has 1 aromatic rings. The Kier molecular flexibility index (Phi) is 4.34. The van der Waals surface area contributed by atoms with Crippen LogP contribution in [0.25, 0.3) is 0 Å². The zero-order valence-electron chi connectivity index (χ0n) is 13.7. The third-order valence-electron chi connectivity index (χ3n) is 5.51. The summed E-state index contributed by atoms with van der Waals surface area (Å²) < 4.78 is 0. The smallest absolute Gasteiger partial charge is 0.0426 e. The molecule has 2 saturated heterocycles. The van der Waals surface area contributed by atoms with Crippen molar-refractivity contribution in [3.63, 3.8) is 0 Å². The summed E-state index contributed by atoms with van der Waals surface area (Å²) in [7, 11) is 2.30. The van der Waals surface area contributed by atoms with Crippen molar-refractivity contribution in [2.45, 2.75) is 51.2 Å². The molecule has 116 valence electrons. The van der Waals surface area contributed by atoms with Crippen LogP contribution in [0.2, 0.25) is 0 Å². The molecule has 0 spiro atoms. The van der Waals surface area contributed by atoms with E-state index in [0.29, 0.717) is 0 Å². The topological polar surface area (TPSA) is 32.5 Å². The Morgan fingerprint density at radius 2 is 1.95 bits per heavy atom. The molecular weight excluding hydrogens is 258 g/mol. The van der Waals surface area contributed by atoms with Gasteiger partial charge in [-0.3, -0.25) is 9.80 Å². The molecule has 21 heavy (non-hydrogen) atoms. The van der Waals surface area contributed by atoms with Crippen LogP contribution in [0, 0.1) is 13.8 Å². The molecule has 2 N–H and O–H groups in total. The van der Waals surface area contributed by atoms with Gasteiger partial charge in [-0.1, -0.05) is 23.8 Å². The van der Waals surface area contributed by atoms with Gasteiger partial charge in [0.2, 0.25) is 0 Å². The monoisotopic (exact) mass is 287 g/mol. The fraction of sp³-hybridized carbons (Fsp3) is 0.667. The average Bonchev–Trinajstić information content (AvgIpc) is 2.67. The van der Waals surface area contributed by atoms with E-state index >= 15 is 0 Å². The van der Waals surface area contributed by atoms with Crippen molar-refractivity contribution < 1.29 is 0 Å². The zero-order chi connectivity index (χ0) is 15.0. The van der Waals surface area contributed by atoms with Crippen molar-refractivity contribution in [2.75, 3.05) is 26.7 Å². The number of fused-ring (bicyclic) bond motifs is 2. The van der Waals surface area contributed by atoms with Crippen LogP contribution in [-0.4, -0.2) is 48.6 Å². The number of benzene rings is 1. The average molecular weight is 287 g/mol. The molecule has 3 nitrogen and oxygen atoms in total. The van der Waals surface area contributed by atoms with Gasteiger partial charge in [0, 0.05) is 31.2 Å². The van der Waals surface area contributed by atoms with Crippen molar-refractivity contribution in [1.29, 1.82) is 0 Å². The third kappa shape index (κ3) is 3.15. The Morgan fingerprint density at radius 1 is 1.19 bits per heavy atom. The molecule has 2 heterocycles. The number of aryl methyl sites for hydroxylation is 2. The van der Waals surface area contributed by atoms with Gasteiger partial charge < -0.3 is 5.73 Å². The fourth-order valence-electron chi connectivity index (χ4n) is 4.16. The first-order valence-electron chi connectivity index (χ1n) is 8.31. The lowest BCUT2D eigenvalue weighted by atomic mass is 9.99. The Bertz CT molecular complexity index is 499. The quantitative estimate of drug-likeness (QED) is 0.927. The first-order valence-corrected chi connectivity index (χ1v) is 8.31. The van der Waals surface area contributed by atoms with Crippen LogP contribution in [0.3, 0.4) is 0 Å². The molecule has 2 aliphatic rings. The highest BCUT2D eigenvalue weighted by Crippen LogP contribution is 2.29. The maximum atomic E-state index is 6.51. The summed E-state index contributed by atoms with van der Waals surface area (Å²) in [6.07, 6.45) is 4.04. The van der Waals surface area contributed by atoms with Crippen LogP contribution in [0.5, 0.6) is 0 Å². The van der Waals surface area contributed by atoms with E-state index in [9.17, 15) is 0 Å². The Hall–Kier alpha value is -0.900. The zero-order valence-corrected chi connectivity index (χ0v) is 13.7. The molecule has 3 atom stereocenters. The van der Waals surface area contributed by atoms with E-state index in [1.54, 1.807) is 0 Å². The standard InChI is InChI=1S/C18H29N3/c1-13-4-7-17(14(2)10-13)18(19)12-21-9-8-15-5-6-16(11-21)20(15)3/h4,7,10,15-16,18H,5-6,8-9,11-12,19H2,1-3H3. The minimum atomic E-state index is 0.132. The lowest BCUT2D eigenvalue weighted by molar-refractivity contribution is 0.212. The Labute approximate surface area is 129 Å². The molecule has 2 bridgehead atoms. The van der Waals surface area contributed by atoms with Gasteiger partial charge in [0.05, 0.1) is 0 Å². The van der Waals surface area contributed by atoms with Gasteiger partial charge in [-0.25, -0.2) is 0 Å². The molecule has 3 heteroatoms. The molecule has 3 unspecified atom stereocenters. The second-order valence-corrected chi connectivity index (χ2v) is 7.07. The molecule has 0 radical (unpaired) electrons. The van der Waals surface area contributed by atoms with Crippen molar-refractivity contribution in [2.24, 2.45) is 5.73 Å². The van der Waals surface area contributed by atoms with Gasteiger partial charge >= 0.3 is 0 Å². The predicted molar refractivity (Wildman–Crippen MR) is 88.5 cm³/mol. The van der Waals surface area contributed by atoms with Gasteiger partial charge in [0.25, 0.3) is 0 Å². The molecular formula is C18H29N3. The summed E-state index contributed by atoms with van der Waals surface area (Å²) in [5, 5.41) is 0. The second kappa shape index (κ2) is 6.07. The highest BCUT2D eigenvalue weighted by Gasteiger charge is 2.34. The van der Waals surface area contributed by atoms with Crippen molar-refractivity contribution in [1.82, 2.24) is 9.80 Å². The number of hydrogen-bond donors (Lipinski definition) is 1. The molecule has 3 rings (SSSR count). The van der Waals surface area contributed by atoms with Crippen LogP contribution >= 0.6 is 0 Å². The molecule has 2 aliphatic heterocycles. The SMILES string of the molecule is Cc1ccc(C(N)CN2CCC3CCC(C2)N3C)c(C)c1. The minimum Gasteiger partial charge on any atom is -0.323 e. The van der Waals surface area contributed by atoms with E-state index < -0.39 is 0 Å². The Morgan fingerprint density at radius 3 is 2.71 bits per heavy atom. The molecule has 0 aromatic heterocycles. The number of likely N-dealkylation sites (tertiary alicyclic amines) is 1. The van der Waals surface area contributed by atoms with E-state index in [2.05, 4.69) is 48.9 Å². The molecule has 1 aromatic carbocycles. The summed E-state index contributed by atoms with van der Waals surface area (Å²) in [5.74, 6) is 0. The van der Waals surface area contributed by atoms with E-state index in [-0.39, 0.29) is 6.04 Å². The largest absolute Gasteiger partial charge is 0.323 e. The van der Waals surface area contributed by atoms with Crippen LogP contribution in [0.1, 0.15) is 42.0 Å². The van der Waals surface area contributed by atoms with E-state index in [4.69, 9.17) is 5.73 Å². The van der Waals surface area contributed by atoms with Gasteiger partial charge in [-0.05, 0) is 57.8 Å². The normalized spacial score (nSPS) is 28.6. The van der Waals surface area contributed by atoms with Crippen LogP contribution in [-0.2, 0) is 0 Å². The van der Waals surface area contributed by atoms with Crippen molar-refractivity contribution >= 4 is 0 Å². The van der Waals surface area contributed by atoms with Crippen molar-refractivity contribution in [3.05, 3.63) is 34.9 Å². The van der Waals surface area contributed by atoms with Crippen LogP contribution < -0.4 is 5.73 Å². The minimum absolute atomic E-state index is 0.132. The van der Waals surface area contributed by atoms with E-state index in [1.165, 1.54) is 49.0 Å².